The Labute approximate surface area is 82.0 Å². The molecule has 0 spiro atoms. The van der Waals surface area contributed by atoms with Gasteiger partial charge in [0.25, 0.3) is 0 Å². The zero-order valence-electron chi connectivity index (χ0n) is 8.10. The van der Waals surface area contributed by atoms with Gasteiger partial charge in [-0.3, -0.25) is 4.79 Å². The second-order valence-electron chi connectivity index (χ2n) is 2.81. The fourth-order valence-corrected chi connectivity index (χ4v) is 0.937. The van der Waals surface area contributed by atoms with Crippen molar-refractivity contribution in [3.8, 4) is 0 Å². The number of aromatic nitrogens is 1. The molecule has 0 saturated carbocycles. The molecular formula is C9H14N2O3. The third kappa shape index (κ3) is 3.20. The van der Waals surface area contributed by atoms with Gasteiger partial charge in [0.2, 0.25) is 5.43 Å². The molecule has 0 unspecified atom stereocenters. The maximum absolute atomic E-state index is 10.9. The molecule has 1 aromatic rings. The largest absolute Gasteiger partial charge is 0.394 e. The number of rotatable bonds is 5. The standard InChI is InChI=1S/C9H14N2O3/c1-13-4-5-14-7-11-3-2-9(12)8(10)6-11/h2-3,6H,4-5,7,10H2,1H3. The third-order valence-electron chi connectivity index (χ3n) is 1.68. The van der Waals surface area contributed by atoms with Crippen molar-refractivity contribution >= 4 is 5.69 Å². The number of pyridine rings is 1. The van der Waals surface area contributed by atoms with Crippen molar-refractivity contribution in [1.29, 1.82) is 0 Å². The van der Waals surface area contributed by atoms with Gasteiger partial charge in [-0.1, -0.05) is 0 Å². The number of hydrogen-bond donors (Lipinski definition) is 1. The summed E-state index contributed by atoms with van der Waals surface area (Å²) in [4.78, 5) is 10.9. The van der Waals surface area contributed by atoms with Crippen LogP contribution in [0.15, 0.2) is 23.3 Å². The summed E-state index contributed by atoms with van der Waals surface area (Å²) in [5.74, 6) is 0. The minimum absolute atomic E-state index is 0.168. The SMILES string of the molecule is COCCOCn1ccc(=O)c(N)c1. The van der Waals surface area contributed by atoms with Gasteiger partial charge in [0.05, 0.1) is 18.9 Å². The lowest BCUT2D eigenvalue weighted by Crippen LogP contribution is -2.13. The van der Waals surface area contributed by atoms with Gasteiger partial charge in [-0.15, -0.1) is 0 Å². The van der Waals surface area contributed by atoms with Gasteiger partial charge in [0.1, 0.15) is 6.73 Å². The monoisotopic (exact) mass is 198 g/mol. The van der Waals surface area contributed by atoms with Crippen LogP contribution >= 0.6 is 0 Å². The van der Waals surface area contributed by atoms with Gasteiger partial charge in [-0.05, 0) is 0 Å². The minimum atomic E-state index is -0.168. The van der Waals surface area contributed by atoms with E-state index < -0.39 is 0 Å². The van der Waals surface area contributed by atoms with Crippen LogP contribution in [0.3, 0.4) is 0 Å². The van der Waals surface area contributed by atoms with Crippen molar-refractivity contribution < 1.29 is 9.47 Å². The van der Waals surface area contributed by atoms with Gasteiger partial charge >= 0.3 is 0 Å². The lowest BCUT2D eigenvalue weighted by atomic mass is 10.4. The topological polar surface area (TPSA) is 66.5 Å². The molecule has 78 valence electrons. The Morgan fingerprint density at radius 3 is 2.93 bits per heavy atom. The first-order valence-corrected chi connectivity index (χ1v) is 4.26. The highest BCUT2D eigenvalue weighted by Gasteiger charge is 1.94. The molecule has 1 rings (SSSR count). The maximum atomic E-state index is 10.9. The van der Waals surface area contributed by atoms with Gasteiger partial charge in [0, 0.05) is 25.6 Å². The van der Waals surface area contributed by atoms with Crippen LogP contribution in [0.25, 0.3) is 0 Å². The summed E-state index contributed by atoms with van der Waals surface area (Å²) in [5.41, 5.74) is 5.49. The highest BCUT2D eigenvalue weighted by atomic mass is 16.5. The Bertz CT molecular complexity index is 335. The molecule has 2 N–H and O–H groups in total. The zero-order valence-corrected chi connectivity index (χ0v) is 8.10. The fraction of sp³-hybridized carbons (Fsp3) is 0.444. The second-order valence-corrected chi connectivity index (χ2v) is 2.81. The van der Waals surface area contributed by atoms with Crippen LogP contribution < -0.4 is 11.2 Å². The van der Waals surface area contributed by atoms with Gasteiger partial charge in [-0.25, -0.2) is 0 Å². The van der Waals surface area contributed by atoms with Gasteiger partial charge < -0.3 is 19.8 Å². The molecule has 0 bridgehead atoms. The van der Waals surface area contributed by atoms with Gasteiger partial charge in [-0.2, -0.15) is 0 Å². The summed E-state index contributed by atoms with van der Waals surface area (Å²) in [6, 6.07) is 1.41. The molecule has 14 heavy (non-hydrogen) atoms. The number of methoxy groups -OCH3 is 1. The number of nitrogens with two attached hydrogens (primary N) is 1. The molecule has 1 heterocycles. The first kappa shape index (κ1) is 10.7. The molecule has 0 amide bonds. The number of ether oxygens (including phenoxy) is 2. The van der Waals surface area contributed by atoms with E-state index in [1.54, 1.807) is 24.1 Å². The number of anilines is 1. The summed E-state index contributed by atoms with van der Waals surface area (Å²) in [6.07, 6.45) is 3.18. The van der Waals surface area contributed by atoms with E-state index in [4.69, 9.17) is 15.2 Å². The Morgan fingerprint density at radius 2 is 2.29 bits per heavy atom. The molecular weight excluding hydrogens is 184 g/mol. The van der Waals surface area contributed by atoms with E-state index in [1.165, 1.54) is 6.07 Å². The van der Waals surface area contributed by atoms with E-state index in [0.717, 1.165) is 0 Å². The van der Waals surface area contributed by atoms with Crippen molar-refractivity contribution in [2.75, 3.05) is 26.1 Å². The molecule has 5 nitrogen and oxygen atoms in total. The molecule has 0 aliphatic rings. The number of hydrogen-bond acceptors (Lipinski definition) is 4. The Balaban J connectivity index is 2.43. The van der Waals surface area contributed by atoms with Crippen molar-refractivity contribution in [3.05, 3.63) is 28.7 Å². The molecule has 5 heteroatoms. The number of nitrogen functional groups attached to an aromatic ring is 1. The molecule has 0 radical (unpaired) electrons. The minimum Gasteiger partial charge on any atom is -0.394 e. The van der Waals surface area contributed by atoms with Crippen molar-refractivity contribution in [2.45, 2.75) is 6.73 Å². The second kappa shape index (κ2) is 5.41. The highest BCUT2D eigenvalue weighted by Crippen LogP contribution is 1.93. The van der Waals surface area contributed by atoms with Crippen molar-refractivity contribution in [3.63, 3.8) is 0 Å². The Kier molecular flexibility index (Phi) is 4.15. The molecule has 0 fully saturated rings. The lowest BCUT2D eigenvalue weighted by molar-refractivity contribution is 0.0340. The molecule has 1 aromatic heterocycles. The summed E-state index contributed by atoms with van der Waals surface area (Å²) in [5, 5.41) is 0. The molecule has 0 aliphatic carbocycles. The van der Waals surface area contributed by atoms with Crippen LogP contribution in [0.1, 0.15) is 0 Å². The Morgan fingerprint density at radius 1 is 1.50 bits per heavy atom. The van der Waals surface area contributed by atoms with Crippen LogP contribution in [0.4, 0.5) is 5.69 Å². The van der Waals surface area contributed by atoms with Gasteiger partial charge in [0.15, 0.2) is 0 Å². The normalized spacial score (nSPS) is 10.4. The van der Waals surface area contributed by atoms with E-state index in [9.17, 15) is 4.79 Å². The van der Waals surface area contributed by atoms with E-state index in [0.29, 0.717) is 19.9 Å². The lowest BCUT2D eigenvalue weighted by Gasteiger charge is -2.07. The van der Waals surface area contributed by atoms with E-state index >= 15 is 0 Å². The summed E-state index contributed by atoms with van der Waals surface area (Å²) in [7, 11) is 1.61. The first-order chi connectivity index (χ1) is 6.74. The maximum Gasteiger partial charge on any atom is 0.204 e. The number of nitrogens with zero attached hydrogens (tertiary/aromatic N) is 1. The smallest absolute Gasteiger partial charge is 0.204 e. The third-order valence-corrected chi connectivity index (χ3v) is 1.68. The summed E-state index contributed by atoms with van der Waals surface area (Å²) < 4.78 is 11.7. The van der Waals surface area contributed by atoms with Crippen LogP contribution in [-0.4, -0.2) is 24.9 Å². The summed E-state index contributed by atoms with van der Waals surface area (Å²) in [6.45, 7) is 1.44. The quantitative estimate of drug-likeness (QED) is 0.679. The fourth-order valence-electron chi connectivity index (χ4n) is 0.937. The van der Waals surface area contributed by atoms with Crippen molar-refractivity contribution in [1.82, 2.24) is 4.57 Å². The van der Waals surface area contributed by atoms with E-state index in [-0.39, 0.29) is 11.1 Å². The van der Waals surface area contributed by atoms with Crippen LogP contribution in [0.5, 0.6) is 0 Å². The van der Waals surface area contributed by atoms with Crippen LogP contribution in [0, 0.1) is 0 Å². The van der Waals surface area contributed by atoms with Crippen LogP contribution in [0.2, 0.25) is 0 Å². The predicted octanol–water partition coefficient (Wildman–Crippen LogP) is 0.0510. The predicted molar refractivity (Wildman–Crippen MR) is 52.9 cm³/mol. The van der Waals surface area contributed by atoms with E-state index in [2.05, 4.69) is 0 Å². The first-order valence-electron chi connectivity index (χ1n) is 4.26. The zero-order chi connectivity index (χ0) is 10.4. The molecule has 0 aromatic carbocycles. The molecule has 0 saturated heterocycles. The van der Waals surface area contributed by atoms with E-state index in [1.807, 2.05) is 0 Å². The highest BCUT2D eigenvalue weighted by molar-refractivity contribution is 5.33. The molecule has 0 aliphatic heterocycles. The Hall–Kier alpha value is -1.33. The van der Waals surface area contributed by atoms with Crippen LogP contribution in [-0.2, 0) is 16.2 Å². The average Bonchev–Trinajstić information content (AvgIpc) is 2.18. The van der Waals surface area contributed by atoms with Crippen molar-refractivity contribution in [2.24, 2.45) is 0 Å². The summed E-state index contributed by atoms with van der Waals surface area (Å²) >= 11 is 0. The average molecular weight is 198 g/mol. The molecule has 0 atom stereocenters.